The SMILES string of the molecule is Cc1cccc(NS(=O)(=O)c2ccc(S(=O)(=O)N(C)C)s2)c1N1CCC(O)C1. The van der Waals surface area contributed by atoms with Gasteiger partial charge in [-0.2, -0.15) is 0 Å². The van der Waals surface area contributed by atoms with Gasteiger partial charge in [0, 0.05) is 27.2 Å². The molecule has 1 saturated heterocycles. The molecule has 1 aromatic heterocycles. The molecule has 3 rings (SSSR count). The smallest absolute Gasteiger partial charge is 0.271 e. The molecule has 1 fully saturated rings. The van der Waals surface area contributed by atoms with E-state index in [-0.39, 0.29) is 8.42 Å². The van der Waals surface area contributed by atoms with Gasteiger partial charge in [0.05, 0.1) is 17.5 Å². The van der Waals surface area contributed by atoms with E-state index in [0.717, 1.165) is 15.6 Å². The van der Waals surface area contributed by atoms with E-state index in [4.69, 9.17) is 0 Å². The number of aliphatic hydroxyl groups excluding tert-OH is 1. The molecule has 0 amide bonds. The number of nitrogens with zero attached hydrogens (tertiary/aromatic N) is 2. The maximum Gasteiger partial charge on any atom is 0.271 e. The quantitative estimate of drug-likeness (QED) is 0.701. The van der Waals surface area contributed by atoms with E-state index >= 15 is 0 Å². The summed E-state index contributed by atoms with van der Waals surface area (Å²) in [6, 6.07) is 7.88. The van der Waals surface area contributed by atoms with E-state index in [1.165, 1.54) is 26.2 Å². The summed E-state index contributed by atoms with van der Waals surface area (Å²) in [6.45, 7) is 2.94. The van der Waals surface area contributed by atoms with Crippen molar-refractivity contribution in [1.29, 1.82) is 0 Å². The highest BCUT2D eigenvalue weighted by Crippen LogP contribution is 2.35. The van der Waals surface area contributed by atoms with Crippen LogP contribution in [0.15, 0.2) is 38.8 Å². The average Bonchev–Trinajstić information content (AvgIpc) is 3.24. The van der Waals surface area contributed by atoms with Gasteiger partial charge in [0.2, 0.25) is 0 Å². The third-order valence-corrected chi connectivity index (χ3v) is 9.74. The van der Waals surface area contributed by atoms with Crippen LogP contribution in [0.2, 0.25) is 0 Å². The van der Waals surface area contributed by atoms with Crippen molar-refractivity contribution in [3.05, 3.63) is 35.9 Å². The fraction of sp³-hybridized carbons (Fsp3) is 0.412. The van der Waals surface area contributed by atoms with Crippen molar-refractivity contribution in [1.82, 2.24) is 4.31 Å². The second-order valence-electron chi connectivity index (χ2n) is 6.83. The number of hydrogen-bond acceptors (Lipinski definition) is 7. The molecule has 1 aromatic carbocycles. The first kappa shape index (κ1) is 21.1. The van der Waals surface area contributed by atoms with Gasteiger partial charge in [-0.1, -0.05) is 12.1 Å². The van der Waals surface area contributed by atoms with Crippen molar-refractivity contribution in [3.8, 4) is 0 Å². The standard InChI is InChI=1S/C17H23N3O5S3/c1-12-5-4-6-14(17(12)20-10-9-13(21)11-20)18-27(22,23)15-7-8-16(26-15)28(24,25)19(2)3/h4-8,13,18,21H,9-11H2,1-3H3. The molecule has 1 aliphatic heterocycles. The Kier molecular flexibility index (Phi) is 5.74. The van der Waals surface area contributed by atoms with Crippen LogP contribution in [0.4, 0.5) is 11.4 Å². The van der Waals surface area contributed by atoms with Crippen LogP contribution in [-0.4, -0.2) is 59.5 Å². The predicted octanol–water partition coefficient (Wildman–Crippen LogP) is 1.68. The van der Waals surface area contributed by atoms with Crippen LogP contribution >= 0.6 is 11.3 Å². The lowest BCUT2D eigenvalue weighted by Crippen LogP contribution is -2.24. The van der Waals surface area contributed by atoms with Gasteiger partial charge in [-0.05, 0) is 37.1 Å². The molecular formula is C17H23N3O5S3. The van der Waals surface area contributed by atoms with Crippen LogP contribution in [0.5, 0.6) is 0 Å². The Bertz CT molecular complexity index is 1080. The number of sulfonamides is 2. The molecule has 1 unspecified atom stereocenters. The Morgan fingerprint density at radius 3 is 2.43 bits per heavy atom. The number of aliphatic hydroxyl groups is 1. The van der Waals surface area contributed by atoms with E-state index in [1.54, 1.807) is 12.1 Å². The Hall–Kier alpha value is -1.66. The summed E-state index contributed by atoms with van der Waals surface area (Å²) in [5.74, 6) is 0. The lowest BCUT2D eigenvalue weighted by atomic mass is 10.1. The highest BCUT2D eigenvalue weighted by molar-refractivity contribution is 7.96. The molecule has 0 bridgehead atoms. The summed E-state index contributed by atoms with van der Waals surface area (Å²) in [4.78, 5) is 1.95. The van der Waals surface area contributed by atoms with Crippen LogP contribution in [0.3, 0.4) is 0 Å². The first-order valence-electron chi connectivity index (χ1n) is 8.60. The van der Waals surface area contributed by atoms with Crippen molar-refractivity contribution in [2.24, 2.45) is 0 Å². The van der Waals surface area contributed by atoms with Crippen LogP contribution < -0.4 is 9.62 Å². The summed E-state index contributed by atoms with van der Waals surface area (Å²) < 4.78 is 53.7. The molecule has 2 N–H and O–H groups in total. The number of nitrogens with one attached hydrogen (secondary N) is 1. The number of hydrogen-bond donors (Lipinski definition) is 2. The van der Waals surface area contributed by atoms with Crippen molar-refractivity contribution in [3.63, 3.8) is 0 Å². The fourth-order valence-electron chi connectivity index (χ4n) is 3.07. The normalized spacial score (nSPS) is 18.0. The summed E-state index contributed by atoms with van der Waals surface area (Å²) in [5, 5.41) is 9.84. The van der Waals surface area contributed by atoms with Gasteiger partial charge in [0.25, 0.3) is 20.0 Å². The molecule has 0 spiro atoms. The molecule has 154 valence electrons. The third-order valence-electron chi connectivity index (χ3n) is 4.52. The second-order valence-corrected chi connectivity index (χ2v) is 12.2. The first-order chi connectivity index (χ1) is 13.0. The van der Waals surface area contributed by atoms with Gasteiger partial charge in [-0.3, -0.25) is 4.72 Å². The van der Waals surface area contributed by atoms with Gasteiger partial charge in [0.1, 0.15) is 8.42 Å². The van der Waals surface area contributed by atoms with E-state index in [1.807, 2.05) is 17.9 Å². The summed E-state index contributed by atoms with van der Waals surface area (Å²) in [6.07, 6.45) is 0.178. The lowest BCUT2D eigenvalue weighted by Gasteiger charge is -2.24. The molecular weight excluding hydrogens is 422 g/mol. The number of aryl methyl sites for hydroxylation is 1. The molecule has 28 heavy (non-hydrogen) atoms. The number of rotatable bonds is 6. The zero-order chi connectivity index (χ0) is 20.7. The lowest BCUT2D eigenvalue weighted by molar-refractivity contribution is 0.198. The minimum absolute atomic E-state index is 0.0370. The largest absolute Gasteiger partial charge is 0.391 e. The van der Waals surface area contributed by atoms with E-state index in [2.05, 4.69) is 4.72 Å². The number of β-amino-alcohol motifs (C(OH)–C–C–N with tert-alkyl or cyclic N) is 1. The molecule has 0 saturated carbocycles. The minimum atomic E-state index is -3.96. The zero-order valence-electron chi connectivity index (χ0n) is 15.8. The number of anilines is 2. The Morgan fingerprint density at radius 2 is 1.82 bits per heavy atom. The highest BCUT2D eigenvalue weighted by atomic mass is 32.3. The molecule has 11 heteroatoms. The molecule has 8 nitrogen and oxygen atoms in total. The number of benzene rings is 1. The Labute approximate surface area is 169 Å². The Balaban J connectivity index is 1.94. The number of para-hydroxylation sites is 1. The van der Waals surface area contributed by atoms with Crippen molar-refractivity contribution < 1.29 is 21.9 Å². The second kappa shape index (κ2) is 7.64. The molecule has 0 radical (unpaired) electrons. The summed E-state index contributed by atoms with van der Waals surface area (Å²) >= 11 is 0.703. The molecule has 2 heterocycles. The van der Waals surface area contributed by atoms with Crippen LogP contribution in [0.25, 0.3) is 0 Å². The average molecular weight is 446 g/mol. The van der Waals surface area contributed by atoms with E-state index < -0.39 is 26.2 Å². The zero-order valence-corrected chi connectivity index (χ0v) is 18.2. The third kappa shape index (κ3) is 4.03. The van der Waals surface area contributed by atoms with Gasteiger partial charge in [-0.25, -0.2) is 21.1 Å². The van der Waals surface area contributed by atoms with Crippen molar-refractivity contribution in [2.45, 2.75) is 27.9 Å². The minimum Gasteiger partial charge on any atom is -0.391 e. The van der Waals surface area contributed by atoms with Gasteiger partial charge in [0.15, 0.2) is 0 Å². The first-order valence-corrected chi connectivity index (χ1v) is 12.3. The van der Waals surface area contributed by atoms with Crippen LogP contribution in [0, 0.1) is 6.92 Å². The maximum atomic E-state index is 12.9. The van der Waals surface area contributed by atoms with Gasteiger partial charge >= 0.3 is 0 Å². The maximum absolute atomic E-state index is 12.9. The van der Waals surface area contributed by atoms with E-state index in [0.29, 0.717) is 36.5 Å². The van der Waals surface area contributed by atoms with Crippen LogP contribution in [-0.2, 0) is 20.0 Å². The topological polar surface area (TPSA) is 107 Å². The van der Waals surface area contributed by atoms with Crippen LogP contribution in [0.1, 0.15) is 12.0 Å². The molecule has 0 aliphatic carbocycles. The summed E-state index contributed by atoms with van der Waals surface area (Å²) in [7, 11) is -4.88. The predicted molar refractivity (Wildman–Crippen MR) is 110 cm³/mol. The van der Waals surface area contributed by atoms with E-state index in [9.17, 15) is 21.9 Å². The van der Waals surface area contributed by atoms with Gasteiger partial charge in [-0.15, -0.1) is 11.3 Å². The summed E-state index contributed by atoms with van der Waals surface area (Å²) in [5.41, 5.74) is 2.01. The number of thiophene rings is 1. The fourth-order valence-corrected chi connectivity index (χ4v) is 7.07. The Morgan fingerprint density at radius 1 is 1.14 bits per heavy atom. The molecule has 2 aromatic rings. The molecule has 1 aliphatic rings. The van der Waals surface area contributed by atoms with Crippen molar-refractivity contribution in [2.75, 3.05) is 36.8 Å². The highest BCUT2D eigenvalue weighted by Gasteiger charge is 2.27. The molecule has 1 atom stereocenters. The van der Waals surface area contributed by atoms with Gasteiger partial charge < -0.3 is 10.0 Å². The van der Waals surface area contributed by atoms with Crippen molar-refractivity contribution >= 4 is 42.8 Å². The monoisotopic (exact) mass is 445 g/mol.